The molecule has 6 nitrogen and oxygen atoms in total. The first-order valence-electron chi connectivity index (χ1n) is 7.57. The van der Waals surface area contributed by atoms with E-state index in [2.05, 4.69) is 14.8 Å². The number of hydrogen-bond acceptors (Lipinski definition) is 5. The molecular weight excluding hydrogens is 290 g/mol. The third-order valence-electron chi connectivity index (χ3n) is 4.04. The van der Waals surface area contributed by atoms with Gasteiger partial charge in [0.05, 0.1) is 11.9 Å². The van der Waals surface area contributed by atoms with E-state index < -0.39 is 5.97 Å². The molecule has 0 spiro atoms. The molecule has 1 N–H and O–H groups in total. The number of hydrogen-bond donors (Lipinski definition) is 1. The number of aromatic nitrogens is 3. The van der Waals surface area contributed by atoms with Crippen LogP contribution in [-0.2, 0) is 16.0 Å². The molecule has 2 fully saturated rings. The molecule has 116 valence electrons. The maximum absolute atomic E-state index is 10.7. The molecule has 0 aromatic carbocycles. The fourth-order valence-electron chi connectivity index (χ4n) is 2.84. The summed E-state index contributed by atoms with van der Waals surface area (Å²) in [6.07, 6.45) is 5.85. The van der Waals surface area contributed by atoms with Gasteiger partial charge in [-0.25, -0.2) is 0 Å². The third-order valence-corrected chi connectivity index (χ3v) is 4.97. The van der Waals surface area contributed by atoms with Gasteiger partial charge in [-0.05, 0) is 38.5 Å². The number of nitrogens with zero attached hydrogens (tertiary/aromatic N) is 3. The van der Waals surface area contributed by atoms with E-state index >= 15 is 0 Å². The number of thioether (sulfide) groups is 1. The summed E-state index contributed by atoms with van der Waals surface area (Å²) in [4.78, 5) is 10.7. The average Bonchev–Trinajstić information content (AvgIpc) is 3.16. The van der Waals surface area contributed by atoms with E-state index in [-0.39, 0.29) is 5.75 Å². The van der Waals surface area contributed by atoms with Crippen LogP contribution < -0.4 is 0 Å². The van der Waals surface area contributed by atoms with Crippen molar-refractivity contribution in [1.29, 1.82) is 0 Å². The number of carboxylic acid groups (broad SMARTS) is 1. The SMILES string of the molecule is CCOC1CC(Cc2nnc(SCC(=O)O)n2C2CC2)C1. The standard InChI is InChI=1S/C14H21N3O3S/c1-2-20-11-5-9(6-11)7-12-15-16-14(21-8-13(18)19)17(12)10-3-4-10/h9-11H,2-8H2,1H3,(H,18,19). The largest absolute Gasteiger partial charge is 0.481 e. The van der Waals surface area contributed by atoms with Crippen molar-refractivity contribution >= 4 is 17.7 Å². The van der Waals surface area contributed by atoms with Crippen LogP contribution in [0.1, 0.15) is 44.5 Å². The Hall–Kier alpha value is -1.08. The van der Waals surface area contributed by atoms with Gasteiger partial charge >= 0.3 is 5.97 Å². The fraction of sp³-hybridized carbons (Fsp3) is 0.786. The molecule has 7 heteroatoms. The molecular formula is C14H21N3O3S. The van der Waals surface area contributed by atoms with Crippen molar-refractivity contribution in [1.82, 2.24) is 14.8 Å². The number of carboxylic acids is 1. The molecule has 0 saturated heterocycles. The molecule has 2 aliphatic rings. The molecule has 2 saturated carbocycles. The lowest BCUT2D eigenvalue weighted by atomic mass is 9.80. The average molecular weight is 311 g/mol. The summed E-state index contributed by atoms with van der Waals surface area (Å²) in [5.41, 5.74) is 0. The third kappa shape index (κ3) is 3.58. The molecule has 1 aromatic rings. The summed E-state index contributed by atoms with van der Waals surface area (Å²) in [6, 6.07) is 0.481. The summed E-state index contributed by atoms with van der Waals surface area (Å²) in [5.74, 6) is 0.872. The number of aliphatic carboxylic acids is 1. The Morgan fingerprint density at radius 3 is 2.81 bits per heavy atom. The van der Waals surface area contributed by atoms with E-state index in [4.69, 9.17) is 9.84 Å². The van der Waals surface area contributed by atoms with Crippen molar-refractivity contribution < 1.29 is 14.6 Å². The van der Waals surface area contributed by atoms with E-state index in [1.165, 1.54) is 11.8 Å². The zero-order chi connectivity index (χ0) is 14.8. The molecule has 0 bridgehead atoms. The minimum absolute atomic E-state index is 0.0424. The van der Waals surface area contributed by atoms with Gasteiger partial charge in [-0.2, -0.15) is 0 Å². The van der Waals surface area contributed by atoms with Gasteiger partial charge in [0.2, 0.25) is 0 Å². The maximum Gasteiger partial charge on any atom is 0.313 e. The van der Waals surface area contributed by atoms with E-state index in [1.54, 1.807) is 0 Å². The molecule has 0 aliphatic heterocycles. The first kappa shape index (κ1) is 14.8. The zero-order valence-electron chi connectivity index (χ0n) is 12.2. The van der Waals surface area contributed by atoms with E-state index in [1.807, 2.05) is 6.92 Å². The minimum atomic E-state index is -0.814. The lowest BCUT2D eigenvalue weighted by Gasteiger charge is -2.34. The van der Waals surface area contributed by atoms with Crippen LogP contribution in [0.4, 0.5) is 0 Å². The van der Waals surface area contributed by atoms with Gasteiger partial charge in [-0.1, -0.05) is 11.8 Å². The van der Waals surface area contributed by atoms with Crippen LogP contribution >= 0.6 is 11.8 Å². The highest BCUT2D eigenvalue weighted by Crippen LogP contribution is 2.40. The Labute approximate surface area is 128 Å². The van der Waals surface area contributed by atoms with E-state index in [9.17, 15) is 4.79 Å². The van der Waals surface area contributed by atoms with Crippen molar-refractivity contribution in [3.05, 3.63) is 5.82 Å². The number of ether oxygens (including phenoxy) is 1. The molecule has 1 heterocycles. The van der Waals surface area contributed by atoms with Crippen LogP contribution in [0.15, 0.2) is 5.16 Å². The predicted molar refractivity (Wildman–Crippen MR) is 78.5 cm³/mol. The van der Waals surface area contributed by atoms with Gasteiger partial charge in [0.1, 0.15) is 5.82 Å². The fourth-order valence-corrected chi connectivity index (χ4v) is 3.59. The van der Waals surface area contributed by atoms with Crippen LogP contribution in [-0.4, -0.2) is 44.3 Å². The molecule has 0 unspecified atom stereocenters. The normalized spacial score (nSPS) is 24.8. The Bertz CT molecular complexity index is 510. The summed E-state index contributed by atoms with van der Waals surface area (Å²) < 4.78 is 7.76. The Kier molecular flexibility index (Phi) is 4.49. The van der Waals surface area contributed by atoms with Gasteiger partial charge in [0.25, 0.3) is 0 Å². The minimum Gasteiger partial charge on any atom is -0.481 e. The van der Waals surface area contributed by atoms with Crippen molar-refractivity contribution in [2.45, 2.75) is 56.3 Å². The second-order valence-electron chi connectivity index (χ2n) is 5.80. The summed E-state index contributed by atoms with van der Waals surface area (Å²) in [6.45, 7) is 2.81. The summed E-state index contributed by atoms with van der Waals surface area (Å²) >= 11 is 1.27. The highest BCUT2D eigenvalue weighted by atomic mass is 32.2. The summed E-state index contributed by atoms with van der Waals surface area (Å²) in [7, 11) is 0. The molecule has 1 aromatic heterocycles. The second kappa shape index (κ2) is 6.36. The van der Waals surface area contributed by atoms with Crippen molar-refractivity contribution in [2.75, 3.05) is 12.4 Å². The first-order chi connectivity index (χ1) is 10.2. The number of rotatable bonds is 8. The lowest BCUT2D eigenvalue weighted by Crippen LogP contribution is -2.33. The molecule has 0 atom stereocenters. The quantitative estimate of drug-likeness (QED) is 0.741. The van der Waals surface area contributed by atoms with E-state index in [0.717, 1.165) is 49.7 Å². The Morgan fingerprint density at radius 1 is 1.43 bits per heavy atom. The maximum atomic E-state index is 10.7. The topological polar surface area (TPSA) is 77.2 Å². The smallest absolute Gasteiger partial charge is 0.313 e. The van der Waals surface area contributed by atoms with Crippen LogP contribution in [0.5, 0.6) is 0 Å². The molecule has 2 aliphatic carbocycles. The molecule has 3 rings (SSSR count). The highest BCUT2D eigenvalue weighted by Gasteiger charge is 2.34. The first-order valence-corrected chi connectivity index (χ1v) is 8.56. The van der Waals surface area contributed by atoms with Crippen LogP contribution in [0.2, 0.25) is 0 Å². The van der Waals surface area contributed by atoms with Crippen molar-refractivity contribution in [3.8, 4) is 0 Å². The summed E-state index contributed by atoms with van der Waals surface area (Å²) in [5, 5.41) is 18.1. The molecule has 0 radical (unpaired) electrons. The van der Waals surface area contributed by atoms with Gasteiger partial charge < -0.3 is 14.4 Å². The van der Waals surface area contributed by atoms with Crippen molar-refractivity contribution in [2.24, 2.45) is 5.92 Å². The van der Waals surface area contributed by atoms with Crippen molar-refractivity contribution in [3.63, 3.8) is 0 Å². The Morgan fingerprint density at radius 2 is 2.19 bits per heavy atom. The van der Waals surface area contributed by atoms with Gasteiger partial charge in [-0.15, -0.1) is 10.2 Å². The lowest BCUT2D eigenvalue weighted by molar-refractivity contribution is -0.133. The van der Waals surface area contributed by atoms with Gasteiger partial charge in [0.15, 0.2) is 5.16 Å². The predicted octanol–water partition coefficient (Wildman–Crippen LogP) is 2.15. The highest BCUT2D eigenvalue weighted by molar-refractivity contribution is 7.99. The van der Waals surface area contributed by atoms with Crippen LogP contribution in [0, 0.1) is 5.92 Å². The van der Waals surface area contributed by atoms with Gasteiger partial charge in [0, 0.05) is 19.1 Å². The monoisotopic (exact) mass is 311 g/mol. The van der Waals surface area contributed by atoms with Crippen LogP contribution in [0.25, 0.3) is 0 Å². The van der Waals surface area contributed by atoms with Gasteiger partial charge in [-0.3, -0.25) is 4.79 Å². The molecule has 0 amide bonds. The molecule has 21 heavy (non-hydrogen) atoms. The number of carbonyl (C=O) groups is 1. The van der Waals surface area contributed by atoms with E-state index in [0.29, 0.717) is 18.1 Å². The Balaban J connectivity index is 1.61. The second-order valence-corrected chi connectivity index (χ2v) is 6.74. The zero-order valence-corrected chi connectivity index (χ0v) is 13.0. The van der Waals surface area contributed by atoms with Crippen LogP contribution in [0.3, 0.4) is 0 Å².